The molecule has 0 radical (unpaired) electrons. The zero-order chi connectivity index (χ0) is 33.0. The Bertz CT molecular complexity index is 1880. The highest BCUT2D eigenvalue weighted by Crippen LogP contribution is 2.38. The zero-order valence-corrected chi connectivity index (χ0v) is 26.0. The number of ketones is 1. The molecule has 6 nitrogen and oxygen atoms in total. The van der Waals surface area contributed by atoms with Gasteiger partial charge in [-0.25, -0.2) is 8.78 Å². The van der Waals surface area contributed by atoms with Gasteiger partial charge in [-0.2, -0.15) is 8.78 Å². The van der Waals surface area contributed by atoms with Crippen LogP contribution in [0.4, 0.5) is 17.6 Å². The Morgan fingerprint density at radius 1 is 0.957 bits per heavy atom. The Labute approximate surface area is 264 Å². The smallest absolute Gasteiger partial charge is 0.340 e. The summed E-state index contributed by atoms with van der Waals surface area (Å²) >= 11 is 0. The third kappa shape index (κ3) is 6.58. The molecule has 1 heterocycles. The number of nitrogens with zero attached hydrogens (tertiary/aromatic N) is 2. The van der Waals surface area contributed by atoms with Crippen LogP contribution in [0.2, 0.25) is 0 Å². The summed E-state index contributed by atoms with van der Waals surface area (Å²) in [7, 11) is 1.50. The van der Waals surface area contributed by atoms with E-state index in [9.17, 15) is 22.4 Å². The van der Waals surface area contributed by atoms with E-state index in [0.717, 1.165) is 63.9 Å². The summed E-state index contributed by atoms with van der Waals surface area (Å²) in [6, 6.07) is 21.4. The number of hydrogen-bond donors (Lipinski definition) is 1. The van der Waals surface area contributed by atoms with Gasteiger partial charge in [0.2, 0.25) is 0 Å². The number of alkyl halides is 4. The fraction of sp³-hybridized carbons (Fsp3) is 0.333. The van der Waals surface area contributed by atoms with Crippen LogP contribution in [0.1, 0.15) is 54.6 Å². The van der Waals surface area contributed by atoms with Gasteiger partial charge in [0, 0.05) is 39.3 Å². The van der Waals surface area contributed by atoms with Crippen LogP contribution < -0.4 is 10.5 Å². The fourth-order valence-electron chi connectivity index (χ4n) is 5.95. The molecular weight excluding hydrogens is 598 g/mol. The number of ether oxygens (including phenoxy) is 1. The number of oxime groups is 1. The van der Waals surface area contributed by atoms with Crippen LogP contribution in [0.5, 0.6) is 5.75 Å². The van der Waals surface area contributed by atoms with Crippen molar-refractivity contribution in [3.05, 3.63) is 89.5 Å². The van der Waals surface area contributed by atoms with E-state index in [4.69, 9.17) is 15.3 Å². The standard InChI is InChI=1S/C36H37F4N3O3/c1-4-23(8-7-17-41)20-43-32-16-13-25(22(2)42-45-3)18-29(32)30-19-31(27-9-5-6-10-28(27)33(30)43)34(44)24-11-14-26(15-12-24)46-21-36(39,40)35(37)38/h5-6,9-16,18-19,23,35H,4,7-8,17,20-21,41H2,1-3H3/b42-22-. The first-order chi connectivity index (χ1) is 22.1. The molecule has 4 aromatic carbocycles. The molecule has 10 heteroatoms. The number of hydrogen-bond acceptors (Lipinski definition) is 5. The summed E-state index contributed by atoms with van der Waals surface area (Å²) in [6.07, 6.45) is -0.912. The molecule has 0 aliphatic heterocycles. The molecule has 0 saturated heterocycles. The Kier molecular flexibility index (Phi) is 9.96. The maximum Gasteiger partial charge on any atom is 0.340 e. The first-order valence-electron chi connectivity index (χ1n) is 15.3. The minimum atomic E-state index is -4.28. The second-order valence-electron chi connectivity index (χ2n) is 11.5. The molecule has 5 aromatic rings. The lowest BCUT2D eigenvalue weighted by atomic mass is 9.94. The lowest BCUT2D eigenvalue weighted by Gasteiger charge is -2.18. The first-order valence-corrected chi connectivity index (χ1v) is 15.3. The normalized spacial score (nSPS) is 13.2. The van der Waals surface area contributed by atoms with Gasteiger partial charge < -0.3 is 19.9 Å². The van der Waals surface area contributed by atoms with Crippen molar-refractivity contribution in [1.29, 1.82) is 0 Å². The molecular formula is C36H37F4N3O3. The van der Waals surface area contributed by atoms with Crippen LogP contribution in [0, 0.1) is 5.92 Å². The average Bonchev–Trinajstić information content (AvgIpc) is 3.37. The van der Waals surface area contributed by atoms with E-state index in [2.05, 4.69) is 28.8 Å². The molecule has 0 bridgehead atoms. The lowest BCUT2D eigenvalue weighted by molar-refractivity contribution is -0.148. The Morgan fingerprint density at radius 3 is 2.30 bits per heavy atom. The number of aromatic nitrogens is 1. The average molecular weight is 636 g/mol. The Morgan fingerprint density at radius 2 is 1.65 bits per heavy atom. The SMILES string of the molecule is CCC(CCCN)Cn1c2ccc(/C(C)=N\OC)cc2c2cc(C(=O)c3ccc(OCC(F)(F)C(F)F)cc3)c3ccccc3c21. The van der Waals surface area contributed by atoms with E-state index in [0.29, 0.717) is 29.3 Å². The lowest BCUT2D eigenvalue weighted by Crippen LogP contribution is -2.33. The molecule has 0 fully saturated rings. The van der Waals surface area contributed by atoms with Crippen molar-refractivity contribution in [3.63, 3.8) is 0 Å². The first kappa shape index (κ1) is 32.9. The quantitative estimate of drug-likeness (QED) is 0.0574. The van der Waals surface area contributed by atoms with Gasteiger partial charge in [0.25, 0.3) is 0 Å². The Balaban J connectivity index is 1.66. The number of carbonyl (C=O) groups excluding carboxylic acids is 1. The maximum atomic E-state index is 14.1. The topological polar surface area (TPSA) is 78.8 Å². The molecule has 0 spiro atoms. The molecule has 1 atom stereocenters. The van der Waals surface area contributed by atoms with E-state index in [1.165, 1.54) is 31.4 Å². The van der Waals surface area contributed by atoms with E-state index in [1.807, 2.05) is 43.3 Å². The zero-order valence-electron chi connectivity index (χ0n) is 26.0. The fourth-order valence-corrected chi connectivity index (χ4v) is 5.95. The highest BCUT2D eigenvalue weighted by molar-refractivity contribution is 6.26. The largest absolute Gasteiger partial charge is 0.487 e. The molecule has 0 aliphatic carbocycles. The number of benzene rings is 4. The predicted octanol–water partition coefficient (Wildman–Crippen LogP) is 8.59. The minimum Gasteiger partial charge on any atom is -0.487 e. The highest BCUT2D eigenvalue weighted by Gasteiger charge is 2.41. The van der Waals surface area contributed by atoms with Crippen molar-refractivity contribution in [2.45, 2.75) is 52.0 Å². The predicted molar refractivity (Wildman–Crippen MR) is 175 cm³/mol. The number of rotatable bonds is 14. The molecule has 242 valence electrons. The third-order valence-corrected chi connectivity index (χ3v) is 8.46. The van der Waals surface area contributed by atoms with Crippen LogP contribution >= 0.6 is 0 Å². The monoisotopic (exact) mass is 635 g/mol. The van der Waals surface area contributed by atoms with E-state index >= 15 is 0 Å². The van der Waals surface area contributed by atoms with E-state index in [1.54, 1.807) is 0 Å². The summed E-state index contributed by atoms with van der Waals surface area (Å²) in [5.41, 5.74) is 10.3. The van der Waals surface area contributed by atoms with Crippen LogP contribution in [0.3, 0.4) is 0 Å². The number of nitrogens with two attached hydrogens (primary N) is 1. The summed E-state index contributed by atoms with van der Waals surface area (Å²) in [4.78, 5) is 19.1. The number of carbonyl (C=O) groups is 1. The molecule has 46 heavy (non-hydrogen) atoms. The van der Waals surface area contributed by atoms with Crippen LogP contribution in [-0.4, -0.2) is 48.7 Å². The second kappa shape index (κ2) is 13.9. The number of fused-ring (bicyclic) bond motifs is 5. The van der Waals surface area contributed by atoms with Gasteiger partial charge in [-0.3, -0.25) is 4.79 Å². The summed E-state index contributed by atoms with van der Waals surface area (Å²) in [6.45, 7) is 4.01. The number of halogens is 4. The maximum absolute atomic E-state index is 14.1. The van der Waals surface area contributed by atoms with Gasteiger partial charge in [0.05, 0.1) is 11.2 Å². The Hall–Kier alpha value is -4.44. The van der Waals surface area contributed by atoms with E-state index < -0.39 is 19.0 Å². The molecule has 2 N–H and O–H groups in total. The molecule has 0 aliphatic rings. The molecule has 5 rings (SSSR count). The summed E-state index contributed by atoms with van der Waals surface area (Å²) in [5.74, 6) is -4.19. The van der Waals surface area contributed by atoms with Crippen molar-refractivity contribution in [2.75, 3.05) is 20.3 Å². The summed E-state index contributed by atoms with van der Waals surface area (Å²) in [5, 5.41) is 7.69. The van der Waals surface area contributed by atoms with Gasteiger partial charge in [-0.05, 0) is 85.6 Å². The second-order valence-corrected chi connectivity index (χ2v) is 11.5. The third-order valence-electron chi connectivity index (χ3n) is 8.46. The van der Waals surface area contributed by atoms with Crippen molar-refractivity contribution in [3.8, 4) is 5.75 Å². The van der Waals surface area contributed by atoms with Crippen LogP contribution in [0.15, 0.2) is 78.0 Å². The minimum absolute atomic E-state index is 0.0407. The highest BCUT2D eigenvalue weighted by atomic mass is 19.3. The van der Waals surface area contributed by atoms with Crippen molar-refractivity contribution < 1.29 is 31.9 Å². The van der Waals surface area contributed by atoms with Crippen LogP contribution in [0.25, 0.3) is 32.6 Å². The summed E-state index contributed by atoms with van der Waals surface area (Å²) < 4.78 is 59.0. The van der Waals surface area contributed by atoms with Crippen LogP contribution in [-0.2, 0) is 11.4 Å². The van der Waals surface area contributed by atoms with Gasteiger partial charge in [-0.1, -0.05) is 48.8 Å². The molecule has 0 amide bonds. The van der Waals surface area contributed by atoms with Crippen molar-refractivity contribution in [2.24, 2.45) is 16.8 Å². The van der Waals surface area contributed by atoms with Gasteiger partial charge in [0.1, 0.15) is 12.9 Å². The van der Waals surface area contributed by atoms with Gasteiger partial charge in [-0.15, -0.1) is 0 Å². The van der Waals surface area contributed by atoms with E-state index in [-0.39, 0.29) is 11.5 Å². The molecule has 1 aromatic heterocycles. The van der Waals surface area contributed by atoms with Crippen molar-refractivity contribution in [1.82, 2.24) is 4.57 Å². The molecule has 0 saturated carbocycles. The molecule has 1 unspecified atom stereocenters. The van der Waals surface area contributed by atoms with Gasteiger partial charge in [0.15, 0.2) is 12.4 Å². The van der Waals surface area contributed by atoms with Crippen molar-refractivity contribution >= 4 is 44.1 Å². The van der Waals surface area contributed by atoms with Gasteiger partial charge >= 0.3 is 12.3 Å².